The Morgan fingerprint density at radius 3 is 2.43 bits per heavy atom. The van der Waals surface area contributed by atoms with E-state index in [1.165, 1.54) is 0 Å². The van der Waals surface area contributed by atoms with Crippen LogP contribution in [0.25, 0.3) is 0 Å². The smallest absolute Gasteiger partial charge is 0.255 e. The molecular weight excluding hydrogens is 448 g/mol. The largest absolute Gasteiger partial charge is 0.486 e. The molecule has 30 heavy (non-hydrogen) atoms. The quantitative estimate of drug-likeness (QED) is 0.588. The van der Waals surface area contributed by atoms with Crippen LogP contribution in [0, 0.1) is 0 Å². The van der Waals surface area contributed by atoms with Crippen LogP contribution in [-0.4, -0.2) is 31.1 Å². The standard InChI is InChI=1S/C23H19BrN2O4/c24-17-5-3-4-16(12-17)23(28)26-18-10-8-15(9-11-18)22(27)25-13-19-14-29-20-6-1-2-7-21(20)30-19/h1-12,19H,13-14H2,(H,25,27)(H,26,28)/t19-/m1/s1. The molecule has 0 unspecified atom stereocenters. The van der Waals surface area contributed by atoms with Crippen LogP contribution in [0.5, 0.6) is 11.5 Å². The number of carbonyl (C=O) groups is 2. The first-order chi connectivity index (χ1) is 14.6. The molecule has 152 valence electrons. The highest BCUT2D eigenvalue weighted by molar-refractivity contribution is 9.10. The van der Waals surface area contributed by atoms with Crippen molar-refractivity contribution in [3.8, 4) is 11.5 Å². The van der Waals surface area contributed by atoms with Gasteiger partial charge in [-0.25, -0.2) is 0 Å². The maximum absolute atomic E-state index is 12.4. The number of rotatable bonds is 5. The van der Waals surface area contributed by atoms with E-state index in [-0.39, 0.29) is 17.9 Å². The van der Waals surface area contributed by atoms with Crippen LogP contribution in [0.1, 0.15) is 20.7 Å². The molecular formula is C23H19BrN2O4. The molecule has 7 heteroatoms. The van der Waals surface area contributed by atoms with Crippen LogP contribution >= 0.6 is 15.9 Å². The molecule has 3 aromatic carbocycles. The predicted molar refractivity (Wildman–Crippen MR) is 117 cm³/mol. The van der Waals surface area contributed by atoms with Gasteiger partial charge in [0.2, 0.25) is 0 Å². The lowest BCUT2D eigenvalue weighted by Gasteiger charge is -2.26. The van der Waals surface area contributed by atoms with Gasteiger partial charge in [-0.3, -0.25) is 9.59 Å². The fourth-order valence-corrected chi connectivity index (χ4v) is 3.41. The van der Waals surface area contributed by atoms with Gasteiger partial charge < -0.3 is 20.1 Å². The van der Waals surface area contributed by atoms with Gasteiger partial charge in [-0.2, -0.15) is 0 Å². The van der Waals surface area contributed by atoms with Gasteiger partial charge in [0.15, 0.2) is 11.5 Å². The number of fused-ring (bicyclic) bond motifs is 1. The van der Waals surface area contributed by atoms with Crippen molar-refractivity contribution in [2.75, 3.05) is 18.5 Å². The molecule has 4 rings (SSSR count). The maximum Gasteiger partial charge on any atom is 0.255 e. The van der Waals surface area contributed by atoms with Crippen molar-refractivity contribution in [3.05, 3.63) is 88.4 Å². The second-order valence-corrected chi connectivity index (χ2v) is 7.67. The number of nitrogens with one attached hydrogen (secondary N) is 2. The summed E-state index contributed by atoms with van der Waals surface area (Å²) < 4.78 is 12.3. The predicted octanol–water partition coefficient (Wildman–Crippen LogP) is 4.27. The average Bonchev–Trinajstić information content (AvgIpc) is 2.78. The molecule has 2 N–H and O–H groups in total. The van der Waals surface area contributed by atoms with Crippen LogP contribution in [-0.2, 0) is 0 Å². The molecule has 6 nitrogen and oxygen atoms in total. The van der Waals surface area contributed by atoms with Gasteiger partial charge >= 0.3 is 0 Å². The van der Waals surface area contributed by atoms with E-state index in [9.17, 15) is 9.59 Å². The number of halogens is 1. The van der Waals surface area contributed by atoms with Gasteiger partial charge in [0.05, 0.1) is 6.54 Å². The Balaban J connectivity index is 1.30. The van der Waals surface area contributed by atoms with Crippen molar-refractivity contribution in [2.24, 2.45) is 0 Å². The summed E-state index contributed by atoms with van der Waals surface area (Å²) in [6, 6.07) is 21.3. The van der Waals surface area contributed by atoms with E-state index in [0.717, 1.165) is 4.47 Å². The zero-order chi connectivity index (χ0) is 20.9. The van der Waals surface area contributed by atoms with E-state index in [0.29, 0.717) is 41.5 Å². The van der Waals surface area contributed by atoms with Crippen LogP contribution in [0.2, 0.25) is 0 Å². The molecule has 0 bridgehead atoms. The summed E-state index contributed by atoms with van der Waals surface area (Å²) in [5, 5.41) is 5.67. The summed E-state index contributed by atoms with van der Waals surface area (Å²) in [5.41, 5.74) is 1.65. The van der Waals surface area contributed by atoms with Gasteiger partial charge in [-0.1, -0.05) is 34.1 Å². The molecule has 0 saturated carbocycles. The second-order valence-electron chi connectivity index (χ2n) is 6.75. The van der Waals surface area contributed by atoms with E-state index >= 15 is 0 Å². The van der Waals surface area contributed by atoms with Crippen LogP contribution in [0.3, 0.4) is 0 Å². The first-order valence-corrected chi connectivity index (χ1v) is 10.2. The van der Waals surface area contributed by atoms with Gasteiger partial charge in [0.1, 0.15) is 12.7 Å². The van der Waals surface area contributed by atoms with Crippen molar-refractivity contribution in [3.63, 3.8) is 0 Å². The highest BCUT2D eigenvalue weighted by atomic mass is 79.9. The van der Waals surface area contributed by atoms with Crippen molar-refractivity contribution in [1.82, 2.24) is 5.32 Å². The van der Waals surface area contributed by atoms with E-state index in [4.69, 9.17) is 9.47 Å². The number of hydrogen-bond acceptors (Lipinski definition) is 4. The Kier molecular flexibility index (Phi) is 5.99. The minimum absolute atomic E-state index is 0.219. The molecule has 0 spiro atoms. The summed E-state index contributed by atoms with van der Waals surface area (Å²) in [4.78, 5) is 24.7. The molecule has 1 heterocycles. The molecule has 2 amide bonds. The molecule has 1 aliphatic heterocycles. The summed E-state index contributed by atoms with van der Waals surface area (Å²) in [5.74, 6) is 0.944. The lowest BCUT2D eigenvalue weighted by molar-refractivity contribution is 0.0789. The van der Waals surface area contributed by atoms with E-state index < -0.39 is 0 Å². The van der Waals surface area contributed by atoms with E-state index in [1.54, 1.807) is 42.5 Å². The molecule has 0 aromatic heterocycles. The molecule has 0 radical (unpaired) electrons. The van der Waals surface area contributed by atoms with Crippen LogP contribution in [0.15, 0.2) is 77.3 Å². The molecule has 3 aromatic rings. The number of para-hydroxylation sites is 2. The third-order valence-electron chi connectivity index (χ3n) is 4.55. The van der Waals surface area contributed by atoms with Crippen molar-refractivity contribution in [2.45, 2.75) is 6.10 Å². The minimum atomic E-state index is -0.257. The summed E-state index contributed by atoms with van der Waals surface area (Å²) in [6.45, 7) is 0.701. The monoisotopic (exact) mass is 466 g/mol. The number of anilines is 1. The van der Waals surface area contributed by atoms with Crippen LogP contribution < -0.4 is 20.1 Å². The van der Waals surface area contributed by atoms with Crippen molar-refractivity contribution < 1.29 is 19.1 Å². The highest BCUT2D eigenvalue weighted by Crippen LogP contribution is 2.30. The minimum Gasteiger partial charge on any atom is -0.486 e. The SMILES string of the molecule is O=C(NC[C@@H]1COc2ccccc2O1)c1ccc(NC(=O)c2cccc(Br)c2)cc1. The first kappa shape index (κ1) is 20.0. The summed E-state index contributed by atoms with van der Waals surface area (Å²) in [6.07, 6.45) is -0.257. The molecule has 1 atom stereocenters. The zero-order valence-corrected chi connectivity index (χ0v) is 17.5. The molecule has 1 aliphatic rings. The van der Waals surface area contributed by atoms with E-state index in [2.05, 4.69) is 26.6 Å². The lowest BCUT2D eigenvalue weighted by Crippen LogP contribution is -2.40. The molecule has 0 aliphatic carbocycles. The molecule has 0 fully saturated rings. The van der Waals surface area contributed by atoms with Crippen molar-refractivity contribution in [1.29, 1.82) is 0 Å². The van der Waals surface area contributed by atoms with Gasteiger partial charge in [0.25, 0.3) is 11.8 Å². The zero-order valence-electron chi connectivity index (χ0n) is 15.9. The normalized spacial score (nSPS) is 14.6. The number of benzene rings is 3. The fraction of sp³-hybridized carbons (Fsp3) is 0.130. The Bertz CT molecular complexity index is 1070. The van der Waals surface area contributed by atoms with Crippen molar-refractivity contribution >= 4 is 33.4 Å². The second kappa shape index (κ2) is 9.00. The Morgan fingerprint density at radius 1 is 0.900 bits per heavy atom. The lowest BCUT2D eigenvalue weighted by atomic mass is 10.1. The third kappa shape index (κ3) is 4.80. The number of ether oxygens (including phenoxy) is 2. The maximum atomic E-state index is 12.4. The average molecular weight is 467 g/mol. The Labute approximate surface area is 182 Å². The topological polar surface area (TPSA) is 76.7 Å². The highest BCUT2D eigenvalue weighted by Gasteiger charge is 2.21. The fourth-order valence-electron chi connectivity index (χ4n) is 3.01. The Hall–Kier alpha value is -3.32. The van der Waals surface area contributed by atoms with Gasteiger partial charge in [0, 0.05) is 21.3 Å². The van der Waals surface area contributed by atoms with Gasteiger partial charge in [-0.05, 0) is 54.6 Å². The van der Waals surface area contributed by atoms with E-state index in [1.807, 2.05) is 30.3 Å². The third-order valence-corrected chi connectivity index (χ3v) is 5.04. The van der Waals surface area contributed by atoms with Crippen LogP contribution in [0.4, 0.5) is 5.69 Å². The number of carbonyl (C=O) groups excluding carboxylic acids is 2. The number of hydrogen-bond donors (Lipinski definition) is 2. The van der Waals surface area contributed by atoms with Gasteiger partial charge in [-0.15, -0.1) is 0 Å². The summed E-state index contributed by atoms with van der Waals surface area (Å²) >= 11 is 3.35. The summed E-state index contributed by atoms with van der Waals surface area (Å²) in [7, 11) is 0. The Morgan fingerprint density at radius 2 is 1.67 bits per heavy atom. The first-order valence-electron chi connectivity index (χ1n) is 9.42. The molecule has 0 saturated heterocycles. The number of amides is 2.